The van der Waals surface area contributed by atoms with Gasteiger partial charge in [-0.3, -0.25) is 4.79 Å². The molecule has 0 aliphatic carbocycles. The van der Waals surface area contributed by atoms with E-state index < -0.39 is 5.82 Å². The highest BCUT2D eigenvalue weighted by atomic mass is 35.5. The fraction of sp³-hybridized carbons (Fsp3) is 0.433. The van der Waals surface area contributed by atoms with Crippen molar-refractivity contribution >= 4 is 46.4 Å². The lowest BCUT2D eigenvalue weighted by Gasteiger charge is -2.28. The van der Waals surface area contributed by atoms with Gasteiger partial charge in [0.15, 0.2) is 5.82 Å². The second kappa shape index (κ2) is 14.0. The molecule has 0 radical (unpaired) electrons. The SMILES string of the molecule is COCCCN(C)C1CCN(c2c(Cl)c(F)c(-c3cnc(N4CCOCC4)nc3)c(Cl)c2NC(=O)c2ccccc2)C1. The molecule has 1 unspecified atom stereocenters. The Kier molecular flexibility index (Phi) is 10.1. The number of carbonyl (C=O) groups excluding carboxylic acids is 1. The number of methoxy groups -OCH3 is 1. The fourth-order valence-corrected chi connectivity index (χ4v) is 6.05. The smallest absolute Gasteiger partial charge is 0.255 e. The van der Waals surface area contributed by atoms with Crippen LogP contribution in [0.1, 0.15) is 23.2 Å². The van der Waals surface area contributed by atoms with Crippen LogP contribution < -0.4 is 15.1 Å². The standard InChI is InChI=1S/C30H35Cl2FN6O3/c1-37(10-6-14-41-2)22-9-11-39(19-22)28-25(32)26(33)23(21-17-34-30(35-18-21)38-12-15-42-16-13-38)24(31)27(28)36-29(40)20-7-4-3-5-8-20/h3-5,7-8,17-18,22H,6,9-16,19H2,1-2H3,(H,36,40). The molecule has 1 N–H and O–H groups in total. The Hall–Kier alpha value is -3.02. The number of amides is 1. The quantitative estimate of drug-likeness (QED) is 0.245. The molecule has 224 valence electrons. The van der Waals surface area contributed by atoms with Crippen LogP contribution in [-0.4, -0.2) is 93.5 Å². The van der Waals surface area contributed by atoms with E-state index in [2.05, 4.69) is 27.2 Å². The zero-order valence-corrected chi connectivity index (χ0v) is 25.3. The summed E-state index contributed by atoms with van der Waals surface area (Å²) in [7, 11) is 3.76. The molecule has 0 bridgehead atoms. The van der Waals surface area contributed by atoms with Crippen LogP contribution in [0.25, 0.3) is 11.1 Å². The topological polar surface area (TPSA) is 83.1 Å². The van der Waals surface area contributed by atoms with E-state index in [0.717, 1.165) is 19.4 Å². The molecular formula is C30H35Cl2FN6O3. The summed E-state index contributed by atoms with van der Waals surface area (Å²) in [6.07, 6.45) is 4.82. The van der Waals surface area contributed by atoms with Crippen molar-refractivity contribution in [3.05, 3.63) is 64.2 Å². The minimum Gasteiger partial charge on any atom is -0.385 e. The number of hydrogen-bond donors (Lipinski definition) is 1. The van der Waals surface area contributed by atoms with E-state index in [1.807, 2.05) is 15.9 Å². The molecule has 3 heterocycles. The van der Waals surface area contributed by atoms with Gasteiger partial charge in [-0.2, -0.15) is 0 Å². The Morgan fingerprint density at radius 1 is 1.12 bits per heavy atom. The van der Waals surface area contributed by atoms with Gasteiger partial charge in [-0.25, -0.2) is 14.4 Å². The maximum Gasteiger partial charge on any atom is 0.255 e. The van der Waals surface area contributed by atoms with Crippen molar-refractivity contribution in [3.63, 3.8) is 0 Å². The fourth-order valence-electron chi connectivity index (χ4n) is 5.41. The Bertz CT molecular complexity index is 1380. The van der Waals surface area contributed by atoms with Crippen molar-refractivity contribution in [2.24, 2.45) is 0 Å². The van der Waals surface area contributed by atoms with E-state index in [4.69, 9.17) is 32.7 Å². The van der Waals surface area contributed by atoms with E-state index in [-0.39, 0.29) is 33.2 Å². The summed E-state index contributed by atoms with van der Waals surface area (Å²) in [6.45, 7) is 5.30. The van der Waals surface area contributed by atoms with Crippen molar-refractivity contribution in [1.82, 2.24) is 14.9 Å². The van der Waals surface area contributed by atoms with Gasteiger partial charge in [0.1, 0.15) is 5.02 Å². The largest absolute Gasteiger partial charge is 0.385 e. The van der Waals surface area contributed by atoms with Crippen LogP contribution in [0.5, 0.6) is 0 Å². The number of likely N-dealkylation sites (N-methyl/N-ethyl adjacent to an activating group) is 1. The first-order chi connectivity index (χ1) is 20.4. The van der Waals surface area contributed by atoms with Gasteiger partial charge in [0.2, 0.25) is 5.95 Å². The second-order valence-corrected chi connectivity index (χ2v) is 11.2. The van der Waals surface area contributed by atoms with Crippen LogP contribution in [0, 0.1) is 5.82 Å². The summed E-state index contributed by atoms with van der Waals surface area (Å²) in [4.78, 5) is 28.5. The van der Waals surface area contributed by atoms with Gasteiger partial charge in [0.05, 0.1) is 29.6 Å². The van der Waals surface area contributed by atoms with Gasteiger partial charge in [-0.1, -0.05) is 41.4 Å². The highest BCUT2D eigenvalue weighted by molar-refractivity contribution is 6.41. The normalized spacial score (nSPS) is 17.2. The van der Waals surface area contributed by atoms with Gasteiger partial charge in [-0.15, -0.1) is 0 Å². The summed E-state index contributed by atoms with van der Waals surface area (Å²) in [6, 6.07) is 9.01. The molecule has 5 rings (SSSR count). The van der Waals surface area contributed by atoms with Crippen molar-refractivity contribution in [3.8, 4) is 11.1 Å². The predicted octanol–water partition coefficient (Wildman–Crippen LogP) is 5.23. The molecule has 1 amide bonds. The number of nitrogens with zero attached hydrogens (tertiary/aromatic N) is 5. The molecule has 2 fully saturated rings. The monoisotopic (exact) mass is 616 g/mol. The van der Waals surface area contributed by atoms with Crippen LogP contribution in [0.3, 0.4) is 0 Å². The van der Waals surface area contributed by atoms with Crippen LogP contribution in [-0.2, 0) is 9.47 Å². The summed E-state index contributed by atoms with van der Waals surface area (Å²) < 4.78 is 26.8. The average molecular weight is 618 g/mol. The molecule has 1 aromatic heterocycles. The minimum absolute atomic E-state index is 0.0368. The highest BCUT2D eigenvalue weighted by Gasteiger charge is 2.33. The van der Waals surface area contributed by atoms with E-state index >= 15 is 4.39 Å². The number of rotatable bonds is 10. The first-order valence-corrected chi connectivity index (χ1v) is 14.8. The number of anilines is 3. The zero-order valence-electron chi connectivity index (χ0n) is 23.8. The maximum atomic E-state index is 16.2. The Morgan fingerprint density at radius 2 is 1.83 bits per heavy atom. The van der Waals surface area contributed by atoms with Crippen LogP contribution >= 0.6 is 23.2 Å². The van der Waals surface area contributed by atoms with Gasteiger partial charge in [0.25, 0.3) is 5.91 Å². The molecule has 9 nitrogen and oxygen atoms in total. The lowest BCUT2D eigenvalue weighted by atomic mass is 10.0. The van der Waals surface area contributed by atoms with Crippen LogP contribution in [0.2, 0.25) is 10.0 Å². The third kappa shape index (κ3) is 6.63. The minimum atomic E-state index is -0.686. The number of morpholine rings is 1. The number of halogens is 3. The summed E-state index contributed by atoms with van der Waals surface area (Å²) in [5.41, 5.74) is 1.46. The number of aromatic nitrogens is 2. The Morgan fingerprint density at radius 3 is 2.52 bits per heavy atom. The molecule has 2 aliphatic heterocycles. The van der Waals surface area contributed by atoms with E-state index in [9.17, 15) is 4.79 Å². The average Bonchev–Trinajstić information content (AvgIpc) is 3.51. The molecule has 42 heavy (non-hydrogen) atoms. The van der Waals surface area contributed by atoms with E-state index in [1.54, 1.807) is 31.4 Å². The molecule has 1 atom stereocenters. The van der Waals surface area contributed by atoms with Crippen LogP contribution in [0.15, 0.2) is 42.7 Å². The zero-order chi connectivity index (χ0) is 29.6. The van der Waals surface area contributed by atoms with Gasteiger partial charge < -0.3 is 29.5 Å². The van der Waals surface area contributed by atoms with Crippen molar-refractivity contribution in [1.29, 1.82) is 0 Å². The summed E-state index contributed by atoms with van der Waals surface area (Å²) >= 11 is 13.8. The lowest BCUT2D eigenvalue weighted by Crippen LogP contribution is -2.37. The molecule has 3 aromatic rings. The first-order valence-electron chi connectivity index (χ1n) is 14.0. The van der Waals surface area contributed by atoms with Gasteiger partial charge in [0, 0.05) is 81.6 Å². The molecule has 2 aliphatic rings. The van der Waals surface area contributed by atoms with Crippen molar-refractivity contribution < 1.29 is 18.7 Å². The molecule has 2 aromatic carbocycles. The predicted molar refractivity (Wildman–Crippen MR) is 165 cm³/mol. The number of carbonyl (C=O) groups is 1. The molecule has 12 heteroatoms. The number of benzene rings is 2. The Labute approximate surface area is 255 Å². The maximum absolute atomic E-state index is 16.2. The van der Waals surface area contributed by atoms with E-state index in [1.165, 1.54) is 12.4 Å². The molecular weight excluding hydrogens is 582 g/mol. The third-order valence-electron chi connectivity index (χ3n) is 7.75. The Balaban J connectivity index is 1.50. The number of hydrogen-bond acceptors (Lipinski definition) is 8. The molecule has 0 saturated carbocycles. The van der Waals surface area contributed by atoms with Gasteiger partial charge in [-0.05, 0) is 32.0 Å². The number of ether oxygens (including phenoxy) is 2. The lowest BCUT2D eigenvalue weighted by molar-refractivity contribution is 0.102. The summed E-state index contributed by atoms with van der Waals surface area (Å²) in [5, 5.41) is 2.87. The summed E-state index contributed by atoms with van der Waals surface area (Å²) in [5.74, 6) is -0.538. The highest BCUT2D eigenvalue weighted by Crippen LogP contribution is 2.48. The van der Waals surface area contributed by atoms with Crippen molar-refractivity contribution in [2.75, 3.05) is 81.8 Å². The third-order valence-corrected chi connectivity index (χ3v) is 8.48. The van der Waals surface area contributed by atoms with Gasteiger partial charge >= 0.3 is 0 Å². The second-order valence-electron chi connectivity index (χ2n) is 10.4. The van der Waals surface area contributed by atoms with E-state index in [0.29, 0.717) is 68.8 Å². The first kappa shape index (κ1) is 30.4. The molecule has 2 saturated heterocycles. The molecule has 0 spiro atoms. The number of nitrogens with one attached hydrogen (secondary N) is 1. The van der Waals surface area contributed by atoms with Crippen LogP contribution in [0.4, 0.5) is 21.7 Å². The van der Waals surface area contributed by atoms with Crippen molar-refractivity contribution in [2.45, 2.75) is 18.9 Å².